The Labute approximate surface area is 113 Å². The summed E-state index contributed by atoms with van der Waals surface area (Å²) in [5.41, 5.74) is 0.265. The van der Waals surface area contributed by atoms with Crippen LogP contribution < -0.4 is 4.72 Å². The van der Waals surface area contributed by atoms with Crippen molar-refractivity contribution in [2.24, 2.45) is 0 Å². The van der Waals surface area contributed by atoms with Gasteiger partial charge in [-0.05, 0) is 31.0 Å². The second-order valence-corrected chi connectivity index (χ2v) is 6.63. The molecule has 0 spiro atoms. The van der Waals surface area contributed by atoms with Crippen LogP contribution in [0.1, 0.15) is 18.9 Å². The maximum atomic E-state index is 12.2. The van der Waals surface area contributed by atoms with Crippen molar-refractivity contribution in [2.45, 2.75) is 30.2 Å². The largest absolute Gasteiger partial charge is 0.379 e. The van der Waals surface area contributed by atoms with Crippen molar-refractivity contribution in [3.05, 3.63) is 29.8 Å². The van der Waals surface area contributed by atoms with Gasteiger partial charge in [0.15, 0.2) is 0 Å². The van der Waals surface area contributed by atoms with E-state index in [0.29, 0.717) is 19.6 Å². The lowest BCUT2D eigenvalue weighted by Crippen LogP contribution is -2.46. The molecule has 0 aliphatic carbocycles. The molecule has 5 nitrogen and oxygen atoms in total. The van der Waals surface area contributed by atoms with Crippen LogP contribution in [0.15, 0.2) is 29.2 Å². The fraction of sp³-hybridized carbons (Fsp3) is 0.462. The normalized spacial score (nSPS) is 23.2. The van der Waals surface area contributed by atoms with Gasteiger partial charge in [-0.15, -0.1) is 0 Å². The lowest BCUT2D eigenvalue weighted by Gasteiger charge is -2.23. The van der Waals surface area contributed by atoms with Gasteiger partial charge in [-0.3, -0.25) is 0 Å². The molecule has 1 aromatic rings. The maximum Gasteiger partial charge on any atom is 0.241 e. The summed E-state index contributed by atoms with van der Waals surface area (Å²) in [7, 11) is -3.55. The highest BCUT2D eigenvalue weighted by Gasteiger charge is 2.34. The van der Waals surface area contributed by atoms with Crippen LogP contribution in [-0.2, 0) is 21.2 Å². The van der Waals surface area contributed by atoms with Gasteiger partial charge in [0.1, 0.15) is 0 Å². The summed E-state index contributed by atoms with van der Waals surface area (Å²) in [6, 6.07) is 8.39. The predicted molar refractivity (Wildman–Crippen MR) is 69.9 cm³/mol. The van der Waals surface area contributed by atoms with Gasteiger partial charge in [-0.1, -0.05) is 12.1 Å². The van der Waals surface area contributed by atoms with Gasteiger partial charge in [-0.25, -0.2) is 13.1 Å². The maximum absolute atomic E-state index is 12.2. The molecular weight excluding hydrogens is 264 g/mol. The first-order valence-electron chi connectivity index (χ1n) is 6.03. The molecule has 0 saturated carbocycles. The highest BCUT2D eigenvalue weighted by atomic mass is 32.2. The molecule has 1 heterocycles. The number of nitrogens with one attached hydrogen (secondary N) is 1. The summed E-state index contributed by atoms with van der Waals surface area (Å²) in [6.07, 6.45) is 0.943. The third-order valence-electron chi connectivity index (χ3n) is 3.12. The number of hydrogen-bond acceptors (Lipinski definition) is 4. The minimum absolute atomic E-state index is 0.210. The van der Waals surface area contributed by atoms with Gasteiger partial charge in [0.25, 0.3) is 0 Å². The quantitative estimate of drug-likeness (QED) is 0.899. The topological polar surface area (TPSA) is 79.2 Å². The summed E-state index contributed by atoms with van der Waals surface area (Å²) in [5, 5.41) is 8.58. The molecule has 1 unspecified atom stereocenters. The van der Waals surface area contributed by atoms with Crippen molar-refractivity contribution in [1.82, 2.24) is 4.72 Å². The van der Waals surface area contributed by atoms with E-state index in [0.717, 1.165) is 5.56 Å². The Balaban J connectivity index is 2.17. The van der Waals surface area contributed by atoms with E-state index in [-0.39, 0.29) is 11.3 Å². The Kier molecular flexibility index (Phi) is 3.90. The first kappa shape index (κ1) is 14.0. The molecule has 19 heavy (non-hydrogen) atoms. The van der Waals surface area contributed by atoms with Crippen LogP contribution in [0.25, 0.3) is 0 Å². The molecule has 1 aliphatic rings. The predicted octanol–water partition coefficient (Wildman–Crippen LogP) is 1.21. The lowest BCUT2D eigenvalue weighted by molar-refractivity contribution is 0.178. The zero-order valence-electron chi connectivity index (χ0n) is 10.7. The summed E-state index contributed by atoms with van der Waals surface area (Å²) in [6.45, 7) is 2.79. The summed E-state index contributed by atoms with van der Waals surface area (Å²) < 4.78 is 32.4. The minimum Gasteiger partial charge on any atom is -0.379 e. The number of hydrogen-bond donors (Lipinski definition) is 1. The van der Waals surface area contributed by atoms with Crippen LogP contribution in [0.2, 0.25) is 0 Å². The Morgan fingerprint density at radius 3 is 2.63 bits per heavy atom. The molecular formula is C13H16N2O3S. The average Bonchev–Trinajstić information content (AvgIpc) is 2.76. The second-order valence-electron chi connectivity index (χ2n) is 4.95. The van der Waals surface area contributed by atoms with Gasteiger partial charge in [0.05, 0.1) is 29.5 Å². The Bertz CT molecular complexity index is 581. The molecule has 0 aromatic heterocycles. The fourth-order valence-electron chi connectivity index (χ4n) is 2.01. The van der Waals surface area contributed by atoms with E-state index in [9.17, 15) is 8.42 Å². The molecule has 0 bridgehead atoms. The summed E-state index contributed by atoms with van der Waals surface area (Å²) in [5.74, 6) is 0. The fourth-order valence-corrected chi connectivity index (χ4v) is 3.43. The van der Waals surface area contributed by atoms with E-state index < -0.39 is 15.6 Å². The highest BCUT2D eigenvalue weighted by molar-refractivity contribution is 7.89. The minimum atomic E-state index is -3.55. The van der Waals surface area contributed by atoms with E-state index in [1.807, 2.05) is 13.0 Å². The zero-order chi connectivity index (χ0) is 13.9. The average molecular weight is 280 g/mol. The molecule has 1 atom stereocenters. The first-order valence-corrected chi connectivity index (χ1v) is 7.51. The SMILES string of the molecule is CC1(NS(=O)(=O)c2ccc(CC#N)cc2)CCOC1. The zero-order valence-corrected chi connectivity index (χ0v) is 11.5. The van der Waals surface area contributed by atoms with Gasteiger partial charge in [0, 0.05) is 6.61 Å². The number of nitriles is 1. The Morgan fingerprint density at radius 1 is 1.42 bits per heavy atom. The van der Waals surface area contributed by atoms with Crippen LogP contribution in [0.4, 0.5) is 0 Å². The third-order valence-corrected chi connectivity index (χ3v) is 4.77. The number of ether oxygens (including phenoxy) is 1. The van der Waals surface area contributed by atoms with Crippen LogP contribution in [0.5, 0.6) is 0 Å². The molecule has 1 saturated heterocycles. The molecule has 6 heteroatoms. The second kappa shape index (κ2) is 5.29. The molecule has 1 N–H and O–H groups in total. The summed E-state index contributed by atoms with van der Waals surface area (Å²) in [4.78, 5) is 0.210. The van der Waals surface area contributed by atoms with Gasteiger partial charge >= 0.3 is 0 Å². The van der Waals surface area contributed by atoms with Gasteiger partial charge < -0.3 is 4.74 Å². The van der Waals surface area contributed by atoms with E-state index in [2.05, 4.69) is 4.72 Å². The highest BCUT2D eigenvalue weighted by Crippen LogP contribution is 2.21. The lowest BCUT2D eigenvalue weighted by atomic mass is 10.0. The van der Waals surface area contributed by atoms with E-state index in [1.165, 1.54) is 12.1 Å². The first-order chi connectivity index (χ1) is 8.95. The molecule has 1 aromatic carbocycles. The van der Waals surface area contributed by atoms with Crippen molar-refractivity contribution in [3.8, 4) is 6.07 Å². The van der Waals surface area contributed by atoms with Crippen molar-refractivity contribution in [3.63, 3.8) is 0 Å². The van der Waals surface area contributed by atoms with Gasteiger partial charge in [-0.2, -0.15) is 5.26 Å². The van der Waals surface area contributed by atoms with Crippen LogP contribution >= 0.6 is 0 Å². The van der Waals surface area contributed by atoms with Crippen molar-refractivity contribution in [1.29, 1.82) is 5.26 Å². The monoisotopic (exact) mass is 280 g/mol. The molecule has 1 fully saturated rings. The van der Waals surface area contributed by atoms with Crippen LogP contribution in [0, 0.1) is 11.3 Å². The van der Waals surface area contributed by atoms with E-state index >= 15 is 0 Å². The standard InChI is InChI=1S/C13H16N2O3S/c1-13(7-9-18-10-13)15-19(16,17)12-4-2-11(3-5-12)6-8-14/h2-5,15H,6-7,9-10H2,1H3. The van der Waals surface area contributed by atoms with Crippen molar-refractivity contribution in [2.75, 3.05) is 13.2 Å². The summed E-state index contributed by atoms with van der Waals surface area (Å²) >= 11 is 0. The van der Waals surface area contributed by atoms with Crippen LogP contribution in [0.3, 0.4) is 0 Å². The Hall–Kier alpha value is -1.42. The molecule has 0 radical (unpaired) electrons. The third kappa shape index (κ3) is 3.32. The molecule has 102 valence electrons. The Morgan fingerprint density at radius 2 is 2.11 bits per heavy atom. The number of benzene rings is 1. The van der Waals surface area contributed by atoms with Gasteiger partial charge in [0.2, 0.25) is 10.0 Å². The molecule has 1 aliphatic heterocycles. The van der Waals surface area contributed by atoms with E-state index in [1.54, 1.807) is 12.1 Å². The van der Waals surface area contributed by atoms with Crippen molar-refractivity contribution < 1.29 is 13.2 Å². The van der Waals surface area contributed by atoms with E-state index in [4.69, 9.17) is 10.00 Å². The van der Waals surface area contributed by atoms with Crippen LogP contribution in [-0.4, -0.2) is 27.2 Å². The number of rotatable bonds is 4. The molecule has 0 amide bonds. The molecule has 2 rings (SSSR count). The number of nitrogens with zero attached hydrogens (tertiary/aromatic N) is 1. The smallest absolute Gasteiger partial charge is 0.241 e. The number of sulfonamides is 1. The van der Waals surface area contributed by atoms with Crippen molar-refractivity contribution >= 4 is 10.0 Å².